The van der Waals surface area contributed by atoms with Crippen molar-refractivity contribution in [1.82, 2.24) is 15.1 Å². The molecular weight excluding hydrogens is 442 g/mol. The van der Waals surface area contributed by atoms with Gasteiger partial charge in [-0.25, -0.2) is 13.8 Å². The number of hydrogen-bond acceptors (Lipinski definition) is 5. The van der Waals surface area contributed by atoms with E-state index in [1.807, 2.05) is 30.3 Å². The third kappa shape index (κ3) is 3.34. The summed E-state index contributed by atoms with van der Waals surface area (Å²) >= 11 is 0. The molecule has 0 unspecified atom stereocenters. The summed E-state index contributed by atoms with van der Waals surface area (Å²) in [4.78, 5) is 31.9. The van der Waals surface area contributed by atoms with Crippen molar-refractivity contribution in [3.8, 4) is 22.4 Å². The highest BCUT2D eigenvalue weighted by Crippen LogP contribution is 2.36. The molecule has 2 aromatic carbocycles. The molecular formula is C25H16F2N4O3. The van der Waals surface area contributed by atoms with E-state index in [9.17, 15) is 18.4 Å². The van der Waals surface area contributed by atoms with Gasteiger partial charge in [0.15, 0.2) is 0 Å². The number of pyridine rings is 1. The van der Waals surface area contributed by atoms with Gasteiger partial charge in [0, 0.05) is 34.5 Å². The van der Waals surface area contributed by atoms with E-state index < -0.39 is 34.5 Å². The van der Waals surface area contributed by atoms with Crippen molar-refractivity contribution < 1.29 is 22.9 Å². The number of carbonyl (C=O) groups is 2. The van der Waals surface area contributed by atoms with Crippen molar-refractivity contribution in [1.29, 1.82) is 0 Å². The summed E-state index contributed by atoms with van der Waals surface area (Å²) in [5, 5.41) is 4.50. The molecule has 0 fully saturated rings. The van der Waals surface area contributed by atoms with Crippen molar-refractivity contribution in [2.75, 3.05) is 0 Å². The largest absolute Gasteiger partial charge is 0.366 e. The van der Waals surface area contributed by atoms with Crippen molar-refractivity contribution in [3.63, 3.8) is 0 Å². The predicted molar refractivity (Wildman–Crippen MR) is 120 cm³/mol. The Balaban J connectivity index is 1.66. The third-order valence-corrected chi connectivity index (χ3v) is 5.56. The fourth-order valence-corrected chi connectivity index (χ4v) is 3.92. The van der Waals surface area contributed by atoms with Gasteiger partial charge in [0.25, 0.3) is 5.91 Å². The van der Waals surface area contributed by atoms with Crippen LogP contribution in [0.15, 0.2) is 65.4 Å². The van der Waals surface area contributed by atoms with Crippen LogP contribution in [0.5, 0.6) is 0 Å². The SMILES string of the molecule is Cc1onc(-c2ccccc2)c1-c1cnc2[nH]cc(C(=O)c3c(F)ccc(C(N)=O)c3F)c2c1. The Kier molecular flexibility index (Phi) is 5.01. The van der Waals surface area contributed by atoms with Crippen LogP contribution in [0.25, 0.3) is 33.4 Å². The molecule has 0 saturated heterocycles. The number of halogens is 2. The van der Waals surface area contributed by atoms with E-state index in [-0.39, 0.29) is 5.56 Å². The first-order chi connectivity index (χ1) is 16.4. The van der Waals surface area contributed by atoms with Gasteiger partial charge in [-0.2, -0.15) is 0 Å². The lowest BCUT2D eigenvalue weighted by Gasteiger charge is -2.07. The van der Waals surface area contributed by atoms with E-state index >= 15 is 0 Å². The lowest BCUT2D eigenvalue weighted by Crippen LogP contribution is -2.17. The fraction of sp³-hybridized carbons (Fsp3) is 0.0400. The topological polar surface area (TPSA) is 115 Å². The maximum atomic E-state index is 14.8. The zero-order chi connectivity index (χ0) is 24.0. The quantitative estimate of drug-likeness (QED) is 0.367. The number of aromatic nitrogens is 3. The van der Waals surface area contributed by atoms with E-state index in [0.717, 1.165) is 17.7 Å². The maximum Gasteiger partial charge on any atom is 0.251 e. The number of nitrogens with zero attached hydrogens (tertiary/aromatic N) is 2. The summed E-state index contributed by atoms with van der Waals surface area (Å²) < 4.78 is 34.7. The van der Waals surface area contributed by atoms with Gasteiger partial charge in [0.05, 0.1) is 16.7 Å². The Labute approximate surface area is 191 Å². The number of ketones is 1. The molecule has 0 aliphatic rings. The van der Waals surface area contributed by atoms with Gasteiger partial charge in [-0.15, -0.1) is 0 Å². The number of nitrogens with one attached hydrogen (secondary N) is 1. The molecule has 7 nitrogen and oxygen atoms in total. The summed E-state index contributed by atoms with van der Waals surface area (Å²) in [6.45, 7) is 1.75. The molecule has 0 spiro atoms. The number of H-pyrrole nitrogens is 1. The molecule has 5 rings (SSSR count). The smallest absolute Gasteiger partial charge is 0.251 e. The normalized spacial score (nSPS) is 11.1. The minimum Gasteiger partial charge on any atom is -0.366 e. The first-order valence-corrected chi connectivity index (χ1v) is 10.2. The number of aryl methyl sites for hydroxylation is 1. The minimum atomic E-state index is -1.31. The molecule has 168 valence electrons. The molecule has 0 aliphatic heterocycles. The van der Waals surface area contributed by atoms with E-state index in [1.165, 1.54) is 6.20 Å². The summed E-state index contributed by atoms with van der Waals surface area (Å²) in [5.41, 5.74) is 6.73. The van der Waals surface area contributed by atoms with Crippen LogP contribution in [-0.4, -0.2) is 26.8 Å². The summed E-state index contributed by atoms with van der Waals surface area (Å²) in [7, 11) is 0. The lowest BCUT2D eigenvalue weighted by molar-refractivity contribution is 0.0996. The lowest BCUT2D eigenvalue weighted by atomic mass is 9.97. The number of fused-ring (bicyclic) bond motifs is 1. The summed E-state index contributed by atoms with van der Waals surface area (Å²) in [6, 6.07) is 12.8. The number of rotatable bonds is 5. The van der Waals surface area contributed by atoms with Crippen LogP contribution in [0.2, 0.25) is 0 Å². The van der Waals surface area contributed by atoms with E-state index in [2.05, 4.69) is 15.1 Å². The first-order valence-electron chi connectivity index (χ1n) is 10.2. The number of amides is 1. The van der Waals surface area contributed by atoms with Gasteiger partial charge < -0.3 is 15.2 Å². The highest BCUT2D eigenvalue weighted by Gasteiger charge is 2.26. The molecule has 0 atom stereocenters. The molecule has 5 aromatic rings. The maximum absolute atomic E-state index is 14.8. The number of nitrogens with two attached hydrogens (primary N) is 1. The van der Waals surface area contributed by atoms with Gasteiger partial charge >= 0.3 is 0 Å². The van der Waals surface area contributed by atoms with Crippen molar-refractivity contribution in [3.05, 3.63) is 95.0 Å². The predicted octanol–water partition coefficient (Wildman–Crippen LogP) is 4.80. The van der Waals surface area contributed by atoms with Crippen molar-refractivity contribution in [2.45, 2.75) is 6.92 Å². The summed E-state index contributed by atoms with van der Waals surface area (Å²) in [6.07, 6.45) is 2.91. The zero-order valence-corrected chi connectivity index (χ0v) is 17.7. The molecule has 0 saturated carbocycles. The van der Waals surface area contributed by atoms with Crippen LogP contribution in [0, 0.1) is 18.6 Å². The van der Waals surface area contributed by atoms with Crippen LogP contribution >= 0.6 is 0 Å². The number of hydrogen-bond donors (Lipinski definition) is 2. The third-order valence-electron chi connectivity index (χ3n) is 5.56. The Morgan fingerprint density at radius 3 is 2.53 bits per heavy atom. The van der Waals surface area contributed by atoms with Crippen LogP contribution < -0.4 is 5.73 Å². The highest BCUT2D eigenvalue weighted by molar-refractivity contribution is 6.17. The van der Waals surface area contributed by atoms with Crippen LogP contribution in [0.1, 0.15) is 32.0 Å². The molecule has 0 bridgehead atoms. The average molecular weight is 458 g/mol. The van der Waals surface area contributed by atoms with Gasteiger partial charge in [-0.3, -0.25) is 9.59 Å². The van der Waals surface area contributed by atoms with Gasteiger partial charge in [0.1, 0.15) is 28.7 Å². The fourth-order valence-electron chi connectivity index (χ4n) is 3.92. The number of carbonyl (C=O) groups excluding carboxylic acids is 2. The zero-order valence-electron chi connectivity index (χ0n) is 17.7. The molecule has 1 amide bonds. The standard InChI is InChI=1S/C25H16F2N4O3/c1-12-19(22(31-34-12)13-5-3-2-4-6-13)14-9-16-17(11-30-25(16)29-10-14)23(32)20-18(26)8-7-15(21(20)27)24(28)33/h2-11H,1H3,(H2,28,33)(H,29,30). The van der Waals surface area contributed by atoms with Crippen molar-refractivity contribution >= 4 is 22.7 Å². The molecule has 34 heavy (non-hydrogen) atoms. The van der Waals surface area contributed by atoms with Crippen LogP contribution in [0.3, 0.4) is 0 Å². The second kappa shape index (κ2) is 8.04. The molecule has 0 radical (unpaired) electrons. The van der Waals surface area contributed by atoms with Crippen LogP contribution in [0.4, 0.5) is 8.78 Å². The second-order valence-electron chi connectivity index (χ2n) is 7.63. The highest BCUT2D eigenvalue weighted by atomic mass is 19.1. The molecule has 3 N–H and O–H groups in total. The Morgan fingerprint density at radius 2 is 1.79 bits per heavy atom. The summed E-state index contributed by atoms with van der Waals surface area (Å²) in [5.74, 6) is -3.93. The number of primary amides is 1. The molecule has 3 heterocycles. The van der Waals surface area contributed by atoms with Gasteiger partial charge in [-0.1, -0.05) is 35.5 Å². The minimum absolute atomic E-state index is 0.0147. The van der Waals surface area contributed by atoms with Crippen molar-refractivity contribution in [2.24, 2.45) is 5.73 Å². The Bertz CT molecular complexity index is 1590. The Morgan fingerprint density at radius 1 is 1.03 bits per heavy atom. The molecule has 9 heteroatoms. The average Bonchev–Trinajstić information content (AvgIpc) is 3.42. The monoisotopic (exact) mass is 458 g/mol. The number of benzene rings is 2. The second-order valence-corrected chi connectivity index (χ2v) is 7.63. The van der Waals surface area contributed by atoms with E-state index in [4.69, 9.17) is 10.3 Å². The molecule has 0 aliphatic carbocycles. The molecule has 3 aromatic heterocycles. The van der Waals surface area contributed by atoms with Gasteiger partial charge in [-0.05, 0) is 25.1 Å². The van der Waals surface area contributed by atoms with E-state index in [1.54, 1.807) is 19.2 Å². The first kappa shape index (κ1) is 21.2. The van der Waals surface area contributed by atoms with Crippen LogP contribution in [-0.2, 0) is 0 Å². The van der Waals surface area contributed by atoms with Gasteiger partial charge in [0.2, 0.25) is 5.78 Å². The number of aromatic amines is 1. The van der Waals surface area contributed by atoms with E-state index in [0.29, 0.717) is 33.6 Å². The Hall–Kier alpha value is -4.66.